The minimum atomic E-state index is -0.418. The zero-order valence-electron chi connectivity index (χ0n) is 14.6. The standard InChI is InChI=1S/C19H17FN6/c1-10-6-4-5-7-14(10)18-22-12(3)11(2)16(23-18)24-19-15-8-13(20)9-21-17(15)25-26-19/h4-9H,1-3H3,(H2,21,22,23,24,25,26). The molecule has 4 aromatic rings. The van der Waals surface area contributed by atoms with Crippen molar-refractivity contribution in [3.63, 3.8) is 0 Å². The Labute approximate surface area is 149 Å². The van der Waals surface area contributed by atoms with Crippen LogP contribution in [0.25, 0.3) is 22.4 Å². The second-order valence-electron chi connectivity index (χ2n) is 6.17. The van der Waals surface area contributed by atoms with Crippen LogP contribution in [0.5, 0.6) is 0 Å². The van der Waals surface area contributed by atoms with Gasteiger partial charge in [-0.05, 0) is 32.4 Å². The lowest BCUT2D eigenvalue weighted by Gasteiger charge is -2.12. The molecule has 0 aliphatic carbocycles. The quantitative estimate of drug-likeness (QED) is 0.579. The lowest BCUT2D eigenvalue weighted by molar-refractivity contribution is 0.624. The third-order valence-corrected chi connectivity index (χ3v) is 4.39. The summed E-state index contributed by atoms with van der Waals surface area (Å²) in [6, 6.07) is 9.36. The Morgan fingerprint density at radius 2 is 1.88 bits per heavy atom. The predicted octanol–water partition coefficient (Wildman–Crippen LogP) is 4.22. The monoisotopic (exact) mass is 348 g/mol. The van der Waals surface area contributed by atoms with Gasteiger partial charge >= 0.3 is 0 Å². The Morgan fingerprint density at radius 3 is 2.69 bits per heavy atom. The Morgan fingerprint density at radius 1 is 1.08 bits per heavy atom. The minimum absolute atomic E-state index is 0.418. The summed E-state index contributed by atoms with van der Waals surface area (Å²) in [5.41, 5.74) is 4.29. The number of aromatic amines is 1. The Kier molecular flexibility index (Phi) is 3.84. The van der Waals surface area contributed by atoms with Crippen molar-refractivity contribution >= 4 is 22.7 Å². The van der Waals surface area contributed by atoms with Crippen LogP contribution >= 0.6 is 0 Å². The first-order chi connectivity index (χ1) is 12.5. The highest BCUT2D eigenvalue weighted by Crippen LogP contribution is 2.28. The van der Waals surface area contributed by atoms with E-state index in [1.807, 2.05) is 45.0 Å². The lowest BCUT2D eigenvalue weighted by Crippen LogP contribution is -2.04. The van der Waals surface area contributed by atoms with Gasteiger partial charge < -0.3 is 5.32 Å². The number of nitrogens with one attached hydrogen (secondary N) is 2. The fraction of sp³-hybridized carbons (Fsp3) is 0.158. The molecule has 3 aromatic heterocycles. The molecule has 0 unspecified atom stereocenters. The van der Waals surface area contributed by atoms with Crippen LogP contribution < -0.4 is 5.32 Å². The molecule has 7 heteroatoms. The first-order valence-electron chi connectivity index (χ1n) is 8.21. The van der Waals surface area contributed by atoms with E-state index in [-0.39, 0.29) is 0 Å². The van der Waals surface area contributed by atoms with E-state index in [2.05, 4.69) is 30.5 Å². The molecule has 1 aromatic carbocycles. The number of halogens is 1. The van der Waals surface area contributed by atoms with Gasteiger partial charge in [0.2, 0.25) is 0 Å². The van der Waals surface area contributed by atoms with Crippen LogP contribution in [0.15, 0.2) is 36.5 Å². The molecule has 0 saturated carbocycles. The van der Waals surface area contributed by atoms with Crippen LogP contribution in [-0.4, -0.2) is 25.1 Å². The number of aromatic nitrogens is 5. The smallest absolute Gasteiger partial charge is 0.183 e. The van der Waals surface area contributed by atoms with E-state index in [4.69, 9.17) is 0 Å². The molecule has 0 spiro atoms. The van der Waals surface area contributed by atoms with Gasteiger partial charge in [-0.3, -0.25) is 5.10 Å². The number of hydrogen-bond donors (Lipinski definition) is 2. The second-order valence-corrected chi connectivity index (χ2v) is 6.17. The van der Waals surface area contributed by atoms with Crippen LogP contribution in [0.4, 0.5) is 16.0 Å². The van der Waals surface area contributed by atoms with Gasteiger partial charge in [0.15, 0.2) is 11.5 Å². The molecule has 0 saturated heterocycles. The maximum Gasteiger partial charge on any atom is 0.183 e. The van der Waals surface area contributed by atoms with E-state index in [0.717, 1.165) is 28.6 Å². The lowest BCUT2D eigenvalue weighted by atomic mass is 10.1. The summed E-state index contributed by atoms with van der Waals surface area (Å²) in [5, 5.41) is 10.7. The van der Waals surface area contributed by atoms with Crippen molar-refractivity contribution in [2.45, 2.75) is 20.8 Å². The molecule has 0 aliphatic rings. The van der Waals surface area contributed by atoms with Gasteiger partial charge in [0.1, 0.15) is 17.5 Å². The van der Waals surface area contributed by atoms with E-state index in [1.165, 1.54) is 6.07 Å². The third-order valence-electron chi connectivity index (χ3n) is 4.39. The summed E-state index contributed by atoms with van der Waals surface area (Å²) >= 11 is 0. The topological polar surface area (TPSA) is 79.4 Å². The number of anilines is 2. The van der Waals surface area contributed by atoms with E-state index in [1.54, 1.807) is 0 Å². The van der Waals surface area contributed by atoms with Gasteiger partial charge in [-0.15, -0.1) is 0 Å². The molecule has 2 N–H and O–H groups in total. The second kappa shape index (κ2) is 6.18. The summed E-state index contributed by atoms with van der Waals surface area (Å²) in [6.07, 6.45) is 1.14. The highest BCUT2D eigenvalue weighted by Gasteiger charge is 2.14. The molecule has 0 atom stereocenters. The number of H-pyrrole nitrogens is 1. The Bertz CT molecular complexity index is 1120. The van der Waals surface area contributed by atoms with Crippen molar-refractivity contribution in [2.75, 3.05) is 5.32 Å². The maximum atomic E-state index is 13.5. The molecule has 4 rings (SSSR count). The molecule has 0 amide bonds. The molecule has 6 nitrogen and oxygen atoms in total. The normalized spacial score (nSPS) is 11.1. The Hall–Kier alpha value is -3.35. The number of nitrogens with zero attached hydrogens (tertiary/aromatic N) is 4. The van der Waals surface area contributed by atoms with Gasteiger partial charge in [-0.25, -0.2) is 19.3 Å². The highest BCUT2D eigenvalue weighted by molar-refractivity contribution is 5.89. The zero-order valence-corrected chi connectivity index (χ0v) is 14.6. The largest absolute Gasteiger partial charge is 0.324 e. The SMILES string of the molecule is Cc1ccccc1-c1nc(C)c(C)c(Nc2[nH]nc3ncc(F)cc23)n1. The van der Waals surface area contributed by atoms with E-state index in [0.29, 0.717) is 28.5 Å². The fourth-order valence-electron chi connectivity index (χ4n) is 2.78. The van der Waals surface area contributed by atoms with Crippen molar-refractivity contribution in [3.8, 4) is 11.4 Å². The maximum absolute atomic E-state index is 13.5. The average Bonchev–Trinajstić information content (AvgIpc) is 3.01. The van der Waals surface area contributed by atoms with Gasteiger partial charge in [-0.2, -0.15) is 5.10 Å². The molecule has 26 heavy (non-hydrogen) atoms. The van der Waals surface area contributed by atoms with Crippen molar-refractivity contribution in [1.29, 1.82) is 0 Å². The molecular weight excluding hydrogens is 331 g/mol. The van der Waals surface area contributed by atoms with Gasteiger partial charge in [0, 0.05) is 16.8 Å². The molecule has 0 aliphatic heterocycles. The molecule has 3 heterocycles. The molecule has 0 bridgehead atoms. The summed E-state index contributed by atoms with van der Waals surface area (Å²) in [6.45, 7) is 5.91. The molecule has 130 valence electrons. The minimum Gasteiger partial charge on any atom is -0.324 e. The first kappa shape index (κ1) is 16.1. The first-order valence-corrected chi connectivity index (χ1v) is 8.21. The van der Waals surface area contributed by atoms with Crippen molar-refractivity contribution in [1.82, 2.24) is 25.1 Å². The number of fused-ring (bicyclic) bond motifs is 1. The van der Waals surface area contributed by atoms with Crippen molar-refractivity contribution < 1.29 is 4.39 Å². The van der Waals surface area contributed by atoms with E-state index >= 15 is 0 Å². The Balaban J connectivity index is 1.81. The zero-order chi connectivity index (χ0) is 18.3. The number of pyridine rings is 1. The van der Waals surface area contributed by atoms with Crippen LogP contribution in [-0.2, 0) is 0 Å². The van der Waals surface area contributed by atoms with Crippen LogP contribution in [0, 0.1) is 26.6 Å². The fourth-order valence-corrected chi connectivity index (χ4v) is 2.78. The number of aryl methyl sites for hydroxylation is 2. The molecular formula is C19H17FN6. The van der Waals surface area contributed by atoms with E-state index < -0.39 is 5.82 Å². The number of rotatable bonds is 3. The van der Waals surface area contributed by atoms with Gasteiger partial charge in [0.05, 0.1) is 11.6 Å². The molecule has 0 radical (unpaired) electrons. The average molecular weight is 348 g/mol. The summed E-state index contributed by atoms with van der Waals surface area (Å²) in [7, 11) is 0. The van der Waals surface area contributed by atoms with Crippen LogP contribution in [0.1, 0.15) is 16.8 Å². The van der Waals surface area contributed by atoms with Crippen molar-refractivity contribution in [2.24, 2.45) is 0 Å². The summed E-state index contributed by atoms with van der Waals surface area (Å²) in [5.74, 6) is 1.41. The van der Waals surface area contributed by atoms with E-state index in [9.17, 15) is 4.39 Å². The molecule has 0 fully saturated rings. The number of hydrogen-bond acceptors (Lipinski definition) is 5. The summed E-state index contributed by atoms with van der Waals surface area (Å²) < 4.78 is 13.5. The third kappa shape index (κ3) is 2.77. The van der Waals surface area contributed by atoms with Crippen LogP contribution in [0.2, 0.25) is 0 Å². The highest BCUT2D eigenvalue weighted by atomic mass is 19.1. The van der Waals surface area contributed by atoms with Gasteiger partial charge in [0.25, 0.3) is 0 Å². The predicted molar refractivity (Wildman–Crippen MR) is 98.8 cm³/mol. The van der Waals surface area contributed by atoms with Crippen LogP contribution in [0.3, 0.4) is 0 Å². The van der Waals surface area contributed by atoms with Gasteiger partial charge in [-0.1, -0.05) is 24.3 Å². The van der Waals surface area contributed by atoms with Crippen molar-refractivity contribution in [3.05, 3.63) is 59.2 Å². The number of benzene rings is 1. The summed E-state index contributed by atoms with van der Waals surface area (Å²) in [4.78, 5) is 13.3.